The van der Waals surface area contributed by atoms with Crippen LogP contribution in [-0.2, 0) is 0 Å². The minimum Gasteiger partial charge on any atom is -0.337 e. The van der Waals surface area contributed by atoms with Gasteiger partial charge in [0.25, 0.3) is 0 Å². The van der Waals surface area contributed by atoms with Crippen LogP contribution in [0.3, 0.4) is 0 Å². The Hall–Kier alpha value is -0.780. The lowest BCUT2D eigenvalue weighted by molar-refractivity contribution is 0.217. The fraction of sp³-hybridized carbons (Fsp3) is 0.545. The molecule has 0 radical (unpaired) electrons. The van der Waals surface area contributed by atoms with E-state index in [0.29, 0.717) is 6.54 Å². The van der Waals surface area contributed by atoms with Crippen molar-refractivity contribution >= 4 is 29.0 Å². The standard InChI is InChI=1S/C11H18ClN3OS/c1-8(9-4-5-10(12)17-9)13-6-7-14-11(16)15(2)3/h4-5,8,13H,6-7H2,1-3H3,(H,14,16). The Morgan fingerprint density at radius 1 is 1.47 bits per heavy atom. The number of halogens is 1. The molecule has 17 heavy (non-hydrogen) atoms. The Morgan fingerprint density at radius 3 is 2.71 bits per heavy atom. The maximum Gasteiger partial charge on any atom is 0.316 e. The number of hydrogen-bond donors (Lipinski definition) is 2. The number of rotatable bonds is 5. The molecule has 4 nitrogen and oxygen atoms in total. The van der Waals surface area contributed by atoms with E-state index >= 15 is 0 Å². The van der Waals surface area contributed by atoms with Crippen molar-refractivity contribution in [2.45, 2.75) is 13.0 Å². The molecular formula is C11H18ClN3OS. The first-order valence-electron chi connectivity index (χ1n) is 5.44. The van der Waals surface area contributed by atoms with Crippen LogP contribution in [-0.4, -0.2) is 38.1 Å². The second-order valence-corrected chi connectivity index (χ2v) is 5.69. The fourth-order valence-electron chi connectivity index (χ4n) is 1.28. The van der Waals surface area contributed by atoms with Gasteiger partial charge in [-0.3, -0.25) is 0 Å². The molecule has 1 heterocycles. The van der Waals surface area contributed by atoms with Crippen LogP contribution in [0.25, 0.3) is 0 Å². The van der Waals surface area contributed by atoms with E-state index < -0.39 is 0 Å². The van der Waals surface area contributed by atoms with Crippen LogP contribution in [0.2, 0.25) is 4.34 Å². The topological polar surface area (TPSA) is 44.4 Å². The Labute approximate surface area is 111 Å². The summed E-state index contributed by atoms with van der Waals surface area (Å²) in [4.78, 5) is 14.0. The molecule has 96 valence electrons. The second-order valence-electron chi connectivity index (χ2n) is 3.94. The highest BCUT2D eigenvalue weighted by atomic mass is 35.5. The molecule has 0 saturated carbocycles. The summed E-state index contributed by atoms with van der Waals surface area (Å²) < 4.78 is 0.801. The summed E-state index contributed by atoms with van der Waals surface area (Å²) >= 11 is 7.44. The van der Waals surface area contributed by atoms with Crippen molar-refractivity contribution < 1.29 is 4.79 Å². The minimum absolute atomic E-state index is 0.0707. The van der Waals surface area contributed by atoms with Crippen LogP contribution in [0.4, 0.5) is 4.79 Å². The van der Waals surface area contributed by atoms with Gasteiger partial charge in [-0.1, -0.05) is 11.6 Å². The zero-order chi connectivity index (χ0) is 12.8. The first-order chi connectivity index (χ1) is 8.00. The monoisotopic (exact) mass is 275 g/mol. The lowest BCUT2D eigenvalue weighted by Gasteiger charge is -2.14. The number of thiophene rings is 1. The van der Waals surface area contributed by atoms with Gasteiger partial charge in [-0.2, -0.15) is 0 Å². The highest BCUT2D eigenvalue weighted by Gasteiger charge is 2.07. The molecule has 0 aliphatic carbocycles. The molecular weight excluding hydrogens is 258 g/mol. The average Bonchev–Trinajstić information content (AvgIpc) is 2.70. The van der Waals surface area contributed by atoms with Crippen LogP contribution in [0, 0.1) is 0 Å². The van der Waals surface area contributed by atoms with Gasteiger partial charge in [0, 0.05) is 38.1 Å². The molecule has 1 rings (SSSR count). The summed E-state index contributed by atoms with van der Waals surface area (Å²) in [5.41, 5.74) is 0. The van der Waals surface area contributed by atoms with Crippen LogP contribution in [0.15, 0.2) is 12.1 Å². The number of nitrogens with zero attached hydrogens (tertiary/aromatic N) is 1. The minimum atomic E-state index is -0.0707. The normalized spacial score (nSPS) is 12.2. The average molecular weight is 276 g/mol. The smallest absolute Gasteiger partial charge is 0.316 e. The summed E-state index contributed by atoms with van der Waals surface area (Å²) in [7, 11) is 3.44. The van der Waals surface area contributed by atoms with Crippen molar-refractivity contribution in [1.29, 1.82) is 0 Å². The van der Waals surface area contributed by atoms with Crippen LogP contribution in [0.1, 0.15) is 17.8 Å². The molecule has 1 aromatic rings. The predicted octanol–water partition coefficient (Wildman–Crippen LogP) is 2.32. The van der Waals surface area contributed by atoms with Gasteiger partial charge in [0.15, 0.2) is 0 Å². The Bertz CT molecular complexity index is 367. The van der Waals surface area contributed by atoms with Gasteiger partial charge >= 0.3 is 6.03 Å². The van der Waals surface area contributed by atoms with E-state index in [4.69, 9.17) is 11.6 Å². The number of carbonyl (C=O) groups is 1. The van der Waals surface area contributed by atoms with Gasteiger partial charge in [-0.05, 0) is 19.1 Å². The number of hydrogen-bond acceptors (Lipinski definition) is 3. The van der Waals surface area contributed by atoms with E-state index in [1.165, 1.54) is 9.78 Å². The summed E-state index contributed by atoms with van der Waals surface area (Å²) in [6, 6.07) is 4.10. The van der Waals surface area contributed by atoms with Crippen molar-refractivity contribution in [3.63, 3.8) is 0 Å². The SMILES string of the molecule is CC(NCCNC(=O)N(C)C)c1ccc(Cl)s1. The van der Waals surface area contributed by atoms with Crippen molar-refractivity contribution in [2.75, 3.05) is 27.2 Å². The first-order valence-corrected chi connectivity index (χ1v) is 6.64. The van der Waals surface area contributed by atoms with E-state index in [9.17, 15) is 4.79 Å². The highest BCUT2D eigenvalue weighted by molar-refractivity contribution is 7.16. The number of amides is 2. The zero-order valence-electron chi connectivity index (χ0n) is 10.3. The molecule has 0 aliphatic heterocycles. The third-order valence-electron chi connectivity index (χ3n) is 2.28. The summed E-state index contributed by atoms with van der Waals surface area (Å²) in [5, 5.41) is 6.12. The predicted molar refractivity (Wildman–Crippen MR) is 72.8 cm³/mol. The van der Waals surface area contributed by atoms with Gasteiger partial charge < -0.3 is 15.5 Å². The second kappa shape index (κ2) is 6.83. The van der Waals surface area contributed by atoms with E-state index in [1.807, 2.05) is 12.1 Å². The Morgan fingerprint density at radius 2 is 2.18 bits per heavy atom. The van der Waals surface area contributed by atoms with Crippen molar-refractivity contribution in [3.8, 4) is 0 Å². The Balaban J connectivity index is 2.21. The largest absolute Gasteiger partial charge is 0.337 e. The van der Waals surface area contributed by atoms with E-state index in [1.54, 1.807) is 25.4 Å². The van der Waals surface area contributed by atoms with Crippen LogP contribution in [0.5, 0.6) is 0 Å². The molecule has 1 aromatic heterocycles. The summed E-state index contributed by atoms with van der Waals surface area (Å²) in [6.07, 6.45) is 0. The van der Waals surface area contributed by atoms with Gasteiger partial charge in [0.05, 0.1) is 4.34 Å². The number of nitrogens with one attached hydrogen (secondary N) is 2. The van der Waals surface area contributed by atoms with E-state index in [2.05, 4.69) is 17.6 Å². The van der Waals surface area contributed by atoms with Gasteiger partial charge in [-0.25, -0.2) is 4.79 Å². The van der Waals surface area contributed by atoms with E-state index in [-0.39, 0.29) is 12.1 Å². The molecule has 0 bridgehead atoms. The lowest BCUT2D eigenvalue weighted by Crippen LogP contribution is -2.38. The molecule has 0 aliphatic rings. The maximum atomic E-state index is 11.2. The number of carbonyl (C=O) groups excluding carboxylic acids is 1. The molecule has 0 fully saturated rings. The Kier molecular flexibility index (Phi) is 5.74. The van der Waals surface area contributed by atoms with Crippen LogP contribution >= 0.6 is 22.9 Å². The van der Waals surface area contributed by atoms with Gasteiger partial charge in [-0.15, -0.1) is 11.3 Å². The number of urea groups is 1. The molecule has 1 unspecified atom stereocenters. The fourth-order valence-corrected chi connectivity index (χ4v) is 2.37. The highest BCUT2D eigenvalue weighted by Crippen LogP contribution is 2.26. The molecule has 2 amide bonds. The third-order valence-corrected chi connectivity index (χ3v) is 3.69. The van der Waals surface area contributed by atoms with Crippen molar-refractivity contribution in [1.82, 2.24) is 15.5 Å². The van der Waals surface area contributed by atoms with Crippen LogP contribution < -0.4 is 10.6 Å². The maximum absolute atomic E-state index is 11.2. The lowest BCUT2D eigenvalue weighted by atomic mass is 10.3. The van der Waals surface area contributed by atoms with Crippen molar-refractivity contribution in [2.24, 2.45) is 0 Å². The summed E-state index contributed by atoms with van der Waals surface area (Å²) in [6.45, 7) is 3.42. The molecule has 2 N–H and O–H groups in total. The van der Waals surface area contributed by atoms with E-state index in [0.717, 1.165) is 10.9 Å². The molecule has 0 spiro atoms. The van der Waals surface area contributed by atoms with Gasteiger partial charge in [0.2, 0.25) is 0 Å². The molecule has 6 heteroatoms. The third kappa shape index (κ3) is 4.93. The van der Waals surface area contributed by atoms with Gasteiger partial charge in [0.1, 0.15) is 0 Å². The van der Waals surface area contributed by atoms with Crippen molar-refractivity contribution in [3.05, 3.63) is 21.3 Å². The molecule has 1 atom stereocenters. The zero-order valence-corrected chi connectivity index (χ0v) is 11.9. The molecule has 0 saturated heterocycles. The summed E-state index contributed by atoms with van der Waals surface area (Å²) in [5.74, 6) is 0. The molecule has 0 aromatic carbocycles. The quantitative estimate of drug-likeness (QED) is 0.810. The first kappa shape index (κ1) is 14.3.